The summed E-state index contributed by atoms with van der Waals surface area (Å²) in [5.74, 6) is 2.26. The third kappa shape index (κ3) is 7.51. The van der Waals surface area contributed by atoms with Crippen molar-refractivity contribution in [2.24, 2.45) is 4.99 Å². The highest BCUT2D eigenvalue weighted by molar-refractivity contribution is 14.0. The van der Waals surface area contributed by atoms with E-state index in [1.807, 2.05) is 12.1 Å². The summed E-state index contributed by atoms with van der Waals surface area (Å²) in [5, 5.41) is 6.64. The maximum absolute atomic E-state index is 13.0. The number of nitrogens with zero attached hydrogens (tertiary/aromatic N) is 2. The normalized spacial score (nSPS) is 12.1. The van der Waals surface area contributed by atoms with Gasteiger partial charge < -0.3 is 19.8 Å². The number of oxazole rings is 1. The molecule has 6 nitrogen and oxygen atoms in total. The molecule has 0 fully saturated rings. The van der Waals surface area contributed by atoms with Crippen LogP contribution < -0.4 is 15.4 Å². The molecule has 3 aromatic rings. The number of hydrogen-bond donors (Lipinski definition) is 2. The second kappa shape index (κ2) is 13.0. The first-order chi connectivity index (χ1) is 15.1. The summed E-state index contributed by atoms with van der Waals surface area (Å²) in [6.45, 7) is 3.69. The first-order valence-electron chi connectivity index (χ1n) is 10.4. The molecule has 8 heteroatoms. The SMILES string of the molecule is CN=C(NCCc1coc(-c2ccc(F)cc2)n1)NCCC(C)c1ccc(OC)cc1.I. The lowest BCUT2D eigenvalue weighted by atomic mass is 9.98. The highest BCUT2D eigenvalue weighted by Crippen LogP contribution is 2.21. The van der Waals surface area contributed by atoms with Crippen LogP contribution in [-0.4, -0.2) is 38.2 Å². The minimum atomic E-state index is -0.281. The molecule has 172 valence electrons. The molecular weight excluding hydrogens is 522 g/mol. The number of benzene rings is 2. The lowest BCUT2D eigenvalue weighted by Gasteiger charge is -2.15. The Morgan fingerprint density at radius 1 is 1.09 bits per heavy atom. The molecular formula is C24H30FIN4O2. The Bertz CT molecular complexity index is 974. The third-order valence-corrected chi connectivity index (χ3v) is 5.09. The fraction of sp³-hybridized carbons (Fsp3) is 0.333. The van der Waals surface area contributed by atoms with Gasteiger partial charge in [0.2, 0.25) is 5.89 Å². The van der Waals surface area contributed by atoms with Gasteiger partial charge in [-0.1, -0.05) is 19.1 Å². The summed E-state index contributed by atoms with van der Waals surface area (Å²) in [4.78, 5) is 8.74. The monoisotopic (exact) mass is 552 g/mol. The third-order valence-electron chi connectivity index (χ3n) is 5.09. The molecule has 1 heterocycles. The molecule has 0 saturated carbocycles. The quantitative estimate of drug-likeness (QED) is 0.222. The molecule has 0 spiro atoms. The van der Waals surface area contributed by atoms with E-state index in [1.165, 1.54) is 17.7 Å². The van der Waals surface area contributed by atoms with Gasteiger partial charge in [-0.05, 0) is 54.3 Å². The second-order valence-electron chi connectivity index (χ2n) is 7.29. The van der Waals surface area contributed by atoms with E-state index in [-0.39, 0.29) is 29.8 Å². The molecule has 0 amide bonds. The number of methoxy groups -OCH3 is 1. The van der Waals surface area contributed by atoms with Gasteiger partial charge in [0, 0.05) is 32.1 Å². The Kier molecular flexibility index (Phi) is 10.5. The van der Waals surface area contributed by atoms with E-state index in [9.17, 15) is 4.39 Å². The van der Waals surface area contributed by atoms with Gasteiger partial charge in [-0.25, -0.2) is 9.37 Å². The lowest BCUT2D eigenvalue weighted by molar-refractivity contribution is 0.414. The zero-order chi connectivity index (χ0) is 22.1. The van der Waals surface area contributed by atoms with E-state index in [0.717, 1.165) is 35.9 Å². The summed E-state index contributed by atoms with van der Waals surface area (Å²) in [7, 11) is 3.43. The predicted octanol–water partition coefficient (Wildman–Crippen LogP) is 5.01. The Morgan fingerprint density at radius 3 is 2.44 bits per heavy atom. The number of halogens is 2. The molecule has 0 aliphatic carbocycles. The maximum Gasteiger partial charge on any atom is 0.226 e. The minimum Gasteiger partial charge on any atom is -0.497 e. The number of hydrogen-bond acceptors (Lipinski definition) is 4. The van der Waals surface area contributed by atoms with Gasteiger partial charge in [0.15, 0.2) is 5.96 Å². The van der Waals surface area contributed by atoms with E-state index in [2.05, 4.69) is 39.7 Å². The zero-order valence-electron chi connectivity index (χ0n) is 18.6. The van der Waals surface area contributed by atoms with E-state index in [4.69, 9.17) is 9.15 Å². The van der Waals surface area contributed by atoms with Crippen molar-refractivity contribution in [3.8, 4) is 17.2 Å². The number of rotatable bonds is 9. The van der Waals surface area contributed by atoms with Crippen molar-refractivity contribution in [3.05, 3.63) is 71.9 Å². The Morgan fingerprint density at radius 2 is 1.78 bits per heavy atom. The van der Waals surface area contributed by atoms with Gasteiger partial charge in [-0.15, -0.1) is 24.0 Å². The molecule has 2 aromatic carbocycles. The maximum atomic E-state index is 13.0. The first kappa shape index (κ1) is 25.6. The lowest BCUT2D eigenvalue weighted by Crippen LogP contribution is -2.39. The highest BCUT2D eigenvalue weighted by Gasteiger charge is 2.08. The largest absolute Gasteiger partial charge is 0.497 e. The van der Waals surface area contributed by atoms with Crippen molar-refractivity contribution >= 4 is 29.9 Å². The molecule has 2 N–H and O–H groups in total. The summed E-state index contributed by atoms with van der Waals surface area (Å²) in [5.41, 5.74) is 2.87. The van der Waals surface area contributed by atoms with Crippen LogP contribution in [0.1, 0.15) is 30.5 Å². The van der Waals surface area contributed by atoms with Crippen molar-refractivity contribution in [2.45, 2.75) is 25.7 Å². The van der Waals surface area contributed by atoms with Crippen LogP contribution in [0.3, 0.4) is 0 Å². The van der Waals surface area contributed by atoms with Gasteiger partial charge in [-0.2, -0.15) is 0 Å². The van der Waals surface area contributed by atoms with Crippen LogP contribution >= 0.6 is 24.0 Å². The van der Waals surface area contributed by atoms with Gasteiger partial charge in [0.05, 0.1) is 12.8 Å². The molecule has 0 bridgehead atoms. The average molecular weight is 552 g/mol. The van der Waals surface area contributed by atoms with Crippen LogP contribution in [0.4, 0.5) is 4.39 Å². The van der Waals surface area contributed by atoms with Gasteiger partial charge >= 0.3 is 0 Å². The smallest absolute Gasteiger partial charge is 0.226 e. The molecule has 0 radical (unpaired) electrons. The number of ether oxygens (including phenoxy) is 1. The summed E-state index contributed by atoms with van der Waals surface area (Å²) >= 11 is 0. The van der Waals surface area contributed by atoms with E-state index >= 15 is 0 Å². The number of guanidine groups is 1. The fourth-order valence-electron chi connectivity index (χ4n) is 3.18. The van der Waals surface area contributed by atoms with E-state index < -0.39 is 0 Å². The number of aliphatic imine (C=N–C) groups is 1. The fourth-order valence-corrected chi connectivity index (χ4v) is 3.18. The summed E-state index contributed by atoms with van der Waals surface area (Å²) in [6, 6.07) is 14.3. The van der Waals surface area contributed by atoms with E-state index in [0.29, 0.717) is 24.8 Å². The Hall–Kier alpha value is -2.62. The molecule has 0 saturated heterocycles. The standard InChI is InChI=1S/C24H29FN4O2.HI/c1-17(18-6-10-22(30-3)11-7-18)12-14-27-24(26-2)28-15-13-21-16-31-23(29-21)19-4-8-20(25)9-5-19;/h4-11,16-17H,12-15H2,1-3H3,(H2,26,27,28);1H. The molecule has 1 unspecified atom stereocenters. The molecule has 1 aromatic heterocycles. The van der Waals surface area contributed by atoms with Crippen LogP contribution in [0.25, 0.3) is 11.5 Å². The van der Waals surface area contributed by atoms with Crippen molar-refractivity contribution in [1.82, 2.24) is 15.6 Å². The van der Waals surface area contributed by atoms with Crippen LogP contribution in [0.5, 0.6) is 5.75 Å². The van der Waals surface area contributed by atoms with E-state index in [1.54, 1.807) is 32.6 Å². The Labute approximate surface area is 205 Å². The number of aromatic nitrogens is 1. The molecule has 0 aliphatic rings. The molecule has 3 rings (SSSR count). The molecule has 0 aliphatic heterocycles. The van der Waals surface area contributed by atoms with Crippen molar-refractivity contribution in [1.29, 1.82) is 0 Å². The zero-order valence-corrected chi connectivity index (χ0v) is 20.9. The number of nitrogens with one attached hydrogen (secondary N) is 2. The molecule has 32 heavy (non-hydrogen) atoms. The van der Waals surface area contributed by atoms with Crippen LogP contribution in [0.2, 0.25) is 0 Å². The summed E-state index contributed by atoms with van der Waals surface area (Å²) in [6.07, 6.45) is 3.30. The van der Waals surface area contributed by atoms with Crippen molar-refractivity contribution in [2.75, 3.05) is 27.2 Å². The first-order valence-corrected chi connectivity index (χ1v) is 10.4. The summed E-state index contributed by atoms with van der Waals surface area (Å²) < 4.78 is 23.8. The predicted molar refractivity (Wildman–Crippen MR) is 136 cm³/mol. The van der Waals surface area contributed by atoms with Gasteiger partial charge in [-0.3, -0.25) is 4.99 Å². The average Bonchev–Trinajstić information content (AvgIpc) is 3.27. The van der Waals surface area contributed by atoms with Crippen LogP contribution in [-0.2, 0) is 6.42 Å². The van der Waals surface area contributed by atoms with Crippen molar-refractivity contribution in [3.63, 3.8) is 0 Å². The Balaban J connectivity index is 0.00000363. The van der Waals surface area contributed by atoms with Crippen LogP contribution in [0.15, 0.2) is 64.2 Å². The van der Waals surface area contributed by atoms with Gasteiger partial charge in [0.25, 0.3) is 0 Å². The van der Waals surface area contributed by atoms with Crippen LogP contribution in [0, 0.1) is 5.82 Å². The van der Waals surface area contributed by atoms with Crippen molar-refractivity contribution < 1.29 is 13.5 Å². The molecule has 1 atom stereocenters. The minimum absolute atomic E-state index is 0. The topological polar surface area (TPSA) is 71.7 Å². The van der Waals surface area contributed by atoms with Gasteiger partial charge in [0.1, 0.15) is 17.8 Å². The highest BCUT2D eigenvalue weighted by atomic mass is 127. The second-order valence-corrected chi connectivity index (χ2v) is 7.29.